The van der Waals surface area contributed by atoms with Crippen LogP contribution in [0.25, 0.3) is 0 Å². The van der Waals surface area contributed by atoms with Gasteiger partial charge in [0.1, 0.15) is 12.4 Å². The monoisotopic (exact) mass is 429 g/mol. The van der Waals surface area contributed by atoms with Crippen LogP contribution in [0.4, 0.5) is 11.4 Å². The van der Waals surface area contributed by atoms with Crippen LogP contribution in [0.2, 0.25) is 0 Å². The molecule has 168 valence electrons. The number of ether oxygens (including phenoxy) is 3. The molecule has 0 bridgehead atoms. The summed E-state index contributed by atoms with van der Waals surface area (Å²) in [5.74, 6) is 0.299. The average molecular weight is 430 g/mol. The summed E-state index contributed by atoms with van der Waals surface area (Å²) in [6.07, 6.45) is 0.754. The minimum atomic E-state index is -0.208. The molecule has 0 fully saturated rings. The highest BCUT2D eigenvalue weighted by Gasteiger charge is 2.08. The van der Waals surface area contributed by atoms with Gasteiger partial charge in [0.05, 0.1) is 18.8 Å². The van der Waals surface area contributed by atoms with Gasteiger partial charge in [0.2, 0.25) is 5.91 Å². The smallest absolute Gasteiger partial charge is 0.251 e. The first-order chi connectivity index (χ1) is 15.1. The zero-order valence-electron chi connectivity index (χ0n) is 18.1. The lowest BCUT2D eigenvalue weighted by atomic mass is 10.2. The molecule has 0 radical (unpaired) electrons. The zero-order chi connectivity index (χ0) is 22.3. The molecule has 0 aliphatic heterocycles. The predicted octanol–water partition coefficient (Wildman–Crippen LogP) is 2.92. The Balaban J connectivity index is 1.79. The number of nitrogens with one attached hydrogen (secondary N) is 3. The van der Waals surface area contributed by atoms with E-state index in [0.717, 1.165) is 12.1 Å². The van der Waals surface area contributed by atoms with E-state index in [2.05, 4.69) is 16.0 Å². The molecule has 0 aliphatic rings. The van der Waals surface area contributed by atoms with Crippen LogP contribution in [0.1, 0.15) is 23.7 Å². The van der Waals surface area contributed by atoms with Gasteiger partial charge in [-0.1, -0.05) is 12.1 Å². The highest BCUT2D eigenvalue weighted by atomic mass is 16.5. The van der Waals surface area contributed by atoms with Crippen molar-refractivity contribution >= 4 is 23.2 Å². The van der Waals surface area contributed by atoms with Gasteiger partial charge < -0.3 is 30.2 Å². The third kappa shape index (κ3) is 9.06. The maximum atomic E-state index is 12.3. The molecular weight excluding hydrogens is 398 g/mol. The maximum Gasteiger partial charge on any atom is 0.251 e. The number of anilines is 2. The Morgan fingerprint density at radius 2 is 1.74 bits per heavy atom. The van der Waals surface area contributed by atoms with E-state index in [0.29, 0.717) is 50.0 Å². The summed E-state index contributed by atoms with van der Waals surface area (Å²) >= 11 is 0. The summed E-state index contributed by atoms with van der Waals surface area (Å²) in [6, 6.07) is 14.2. The molecule has 2 aromatic rings. The molecule has 0 unspecified atom stereocenters. The van der Waals surface area contributed by atoms with Crippen LogP contribution in [0.3, 0.4) is 0 Å². The van der Waals surface area contributed by atoms with Gasteiger partial charge >= 0.3 is 0 Å². The van der Waals surface area contributed by atoms with Crippen molar-refractivity contribution < 1.29 is 23.8 Å². The van der Waals surface area contributed by atoms with Crippen LogP contribution in [-0.4, -0.2) is 58.4 Å². The van der Waals surface area contributed by atoms with Gasteiger partial charge in [-0.3, -0.25) is 9.59 Å². The molecule has 8 nitrogen and oxygen atoms in total. The first kappa shape index (κ1) is 24.2. The number of carbonyl (C=O) groups excluding carboxylic acids is 2. The first-order valence-electron chi connectivity index (χ1n) is 10.3. The number of rotatable bonds is 14. The molecule has 0 saturated carbocycles. The summed E-state index contributed by atoms with van der Waals surface area (Å²) in [5.41, 5.74) is 1.88. The van der Waals surface area contributed by atoms with Gasteiger partial charge in [0.15, 0.2) is 0 Å². The Hall–Kier alpha value is -3.10. The lowest BCUT2D eigenvalue weighted by Crippen LogP contribution is -2.25. The Bertz CT molecular complexity index is 811. The number of hydrogen-bond donors (Lipinski definition) is 3. The summed E-state index contributed by atoms with van der Waals surface area (Å²) in [5, 5.41) is 8.72. The van der Waals surface area contributed by atoms with E-state index in [-0.39, 0.29) is 18.4 Å². The summed E-state index contributed by atoms with van der Waals surface area (Å²) in [4.78, 5) is 24.4. The van der Waals surface area contributed by atoms with E-state index in [9.17, 15) is 9.59 Å². The van der Waals surface area contributed by atoms with Gasteiger partial charge in [0.25, 0.3) is 5.91 Å². The quantitative estimate of drug-likeness (QED) is 0.400. The molecule has 0 aliphatic carbocycles. The Morgan fingerprint density at radius 1 is 0.968 bits per heavy atom. The van der Waals surface area contributed by atoms with Gasteiger partial charge in [0, 0.05) is 38.1 Å². The molecule has 0 atom stereocenters. The van der Waals surface area contributed by atoms with Crippen LogP contribution in [0, 0.1) is 0 Å². The fourth-order valence-electron chi connectivity index (χ4n) is 2.70. The molecule has 0 saturated heterocycles. The number of hydrogen-bond acceptors (Lipinski definition) is 6. The summed E-state index contributed by atoms with van der Waals surface area (Å²) in [7, 11) is 1.63. The number of benzene rings is 2. The molecule has 2 rings (SSSR count). The van der Waals surface area contributed by atoms with Crippen LogP contribution in [-0.2, 0) is 14.3 Å². The molecule has 3 N–H and O–H groups in total. The largest absolute Gasteiger partial charge is 0.489 e. The summed E-state index contributed by atoms with van der Waals surface area (Å²) < 4.78 is 15.9. The normalized spacial score (nSPS) is 10.4. The molecule has 0 heterocycles. The molecule has 8 heteroatoms. The fourth-order valence-corrected chi connectivity index (χ4v) is 2.70. The molecule has 0 aromatic heterocycles. The molecule has 0 spiro atoms. The summed E-state index contributed by atoms with van der Waals surface area (Å²) in [6.45, 7) is 4.74. The van der Waals surface area contributed by atoms with Gasteiger partial charge in [-0.05, 0) is 49.7 Å². The second kappa shape index (κ2) is 14.0. The maximum absolute atomic E-state index is 12.3. The van der Waals surface area contributed by atoms with Crippen LogP contribution in [0.15, 0.2) is 48.5 Å². The second-order valence-corrected chi connectivity index (χ2v) is 6.62. The van der Waals surface area contributed by atoms with Crippen molar-refractivity contribution in [2.75, 3.05) is 57.3 Å². The minimum absolute atomic E-state index is 0.0770. The molecular formula is C23H31N3O5. The number of para-hydroxylation sites is 2. The van der Waals surface area contributed by atoms with Crippen LogP contribution < -0.4 is 20.7 Å². The number of carbonyl (C=O) groups is 2. The van der Waals surface area contributed by atoms with Gasteiger partial charge in [-0.15, -0.1) is 0 Å². The average Bonchev–Trinajstić information content (AvgIpc) is 2.79. The fraction of sp³-hybridized carbons (Fsp3) is 0.391. The molecule has 2 aromatic carbocycles. The van der Waals surface area contributed by atoms with Crippen molar-refractivity contribution in [3.63, 3.8) is 0 Å². The van der Waals surface area contributed by atoms with Gasteiger partial charge in [-0.25, -0.2) is 0 Å². The Morgan fingerprint density at radius 3 is 2.48 bits per heavy atom. The highest BCUT2D eigenvalue weighted by Crippen LogP contribution is 2.23. The topological polar surface area (TPSA) is 97.9 Å². The van der Waals surface area contributed by atoms with Crippen molar-refractivity contribution in [1.29, 1.82) is 0 Å². The zero-order valence-corrected chi connectivity index (χ0v) is 18.1. The first-order valence-corrected chi connectivity index (χ1v) is 10.3. The van der Waals surface area contributed by atoms with E-state index in [4.69, 9.17) is 14.2 Å². The number of amides is 2. The van der Waals surface area contributed by atoms with Gasteiger partial charge in [-0.2, -0.15) is 0 Å². The standard InChI is InChI=1S/C23H31N3O5/c1-3-30-15-16-31-21-8-5-4-7-20(21)25-17-22(27)26-19-11-9-18(10-12-19)23(28)24-13-6-14-29-2/h4-5,7-12,25H,3,6,13-17H2,1-2H3,(H,24,28)(H,26,27). The molecule has 2 amide bonds. The predicted molar refractivity (Wildman–Crippen MR) is 121 cm³/mol. The van der Waals surface area contributed by atoms with E-state index in [1.165, 1.54) is 0 Å². The Labute approximate surface area is 183 Å². The van der Waals surface area contributed by atoms with Crippen molar-refractivity contribution in [1.82, 2.24) is 5.32 Å². The van der Waals surface area contributed by atoms with Crippen LogP contribution >= 0.6 is 0 Å². The minimum Gasteiger partial charge on any atom is -0.489 e. The van der Waals surface area contributed by atoms with E-state index in [1.54, 1.807) is 31.4 Å². The lowest BCUT2D eigenvalue weighted by molar-refractivity contribution is -0.114. The van der Waals surface area contributed by atoms with E-state index < -0.39 is 0 Å². The third-order valence-electron chi connectivity index (χ3n) is 4.26. The van der Waals surface area contributed by atoms with E-state index in [1.807, 2.05) is 31.2 Å². The van der Waals surface area contributed by atoms with Crippen molar-refractivity contribution in [3.05, 3.63) is 54.1 Å². The Kier molecular flexibility index (Phi) is 10.9. The molecule has 31 heavy (non-hydrogen) atoms. The second-order valence-electron chi connectivity index (χ2n) is 6.62. The van der Waals surface area contributed by atoms with E-state index >= 15 is 0 Å². The van der Waals surface area contributed by atoms with Crippen molar-refractivity contribution in [3.8, 4) is 5.75 Å². The van der Waals surface area contributed by atoms with Crippen molar-refractivity contribution in [2.24, 2.45) is 0 Å². The third-order valence-corrected chi connectivity index (χ3v) is 4.26. The highest BCUT2D eigenvalue weighted by molar-refractivity contribution is 5.96. The SMILES string of the molecule is CCOCCOc1ccccc1NCC(=O)Nc1ccc(C(=O)NCCCOC)cc1. The van der Waals surface area contributed by atoms with Crippen LogP contribution in [0.5, 0.6) is 5.75 Å². The van der Waals surface area contributed by atoms with Crippen molar-refractivity contribution in [2.45, 2.75) is 13.3 Å². The lowest BCUT2D eigenvalue weighted by Gasteiger charge is -2.13. The number of methoxy groups -OCH3 is 1.